The lowest BCUT2D eigenvalue weighted by Crippen LogP contribution is -2.41. The summed E-state index contributed by atoms with van der Waals surface area (Å²) in [6.07, 6.45) is 4.34. The molecule has 1 aromatic heterocycles. The third-order valence-electron chi connectivity index (χ3n) is 5.14. The van der Waals surface area contributed by atoms with Crippen LogP contribution in [0.15, 0.2) is 59.8 Å². The molecule has 1 aliphatic heterocycles. The van der Waals surface area contributed by atoms with Crippen LogP contribution in [0.1, 0.15) is 36.5 Å². The van der Waals surface area contributed by atoms with Gasteiger partial charge in [-0.15, -0.1) is 0 Å². The average Bonchev–Trinajstić information content (AvgIpc) is 3.11. The number of hydrogen-bond acceptors (Lipinski definition) is 4. The van der Waals surface area contributed by atoms with E-state index in [0.717, 1.165) is 30.3 Å². The maximum absolute atomic E-state index is 12.9. The standard InChI is InChI=1S/C20H22N4O3S/c1-15-6-4-5-13-24(15)28(26,27)17-11-9-16(10-12-17)20(25)22-23-14-21-18-7-2-3-8-19(18)23/h2-3,7-12,14-15H,4-6,13H2,1H3,(H,22,25). The molecule has 28 heavy (non-hydrogen) atoms. The summed E-state index contributed by atoms with van der Waals surface area (Å²) in [6.45, 7) is 2.48. The first-order chi connectivity index (χ1) is 13.5. The lowest BCUT2D eigenvalue weighted by molar-refractivity contribution is 0.101. The van der Waals surface area contributed by atoms with Gasteiger partial charge in [0.1, 0.15) is 6.33 Å². The molecule has 0 radical (unpaired) electrons. The second kappa shape index (κ2) is 7.37. The van der Waals surface area contributed by atoms with Gasteiger partial charge in [0, 0.05) is 18.2 Å². The van der Waals surface area contributed by atoms with Gasteiger partial charge in [0.05, 0.1) is 15.9 Å². The SMILES string of the molecule is CC1CCCCN1S(=O)(=O)c1ccc(C(=O)Nn2cnc3ccccc32)cc1. The average molecular weight is 398 g/mol. The van der Waals surface area contributed by atoms with Crippen molar-refractivity contribution in [3.8, 4) is 0 Å². The molecule has 146 valence electrons. The number of imidazole rings is 1. The van der Waals surface area contributed by atoms with Crippen LogP contribution in [0.4, 0.5) is 0 Å². The molecule has 1 amide bonds. The predicted molar refractivity (Wildman–Crippen MR) is 107 cm³/mol. The summed E-state index contributed by atoms with van der Waals surface area (Å²) >= 11 is 0. The highest BCUT2D eigenvalue weighted by molar-refractivity contribution is 7.89. The fourth-order valence-electron chi connectivity index (χ4n) is 3.56. The van der Waals surface area contributed by atoms with Gasteiger partial charge >= 0.3 is 0 Å². The number of fused-ring (bicyclic) bond motifs is 1. The van der Waals surface area contributed by atoms with Gasteiger partial charge in [-0.25, -0.2) is 18.1 Å². The Morgan fingerprint density at radius 1 is 1.11 bits per heavy atom. The van der Waals surface area contributed by atoms with Crippen LogP contribution >= 0.6 is 0 Å². The van der Waals surface area contributed by atoms with Crippen LogP contribution in [0.5, 0.6) is 0 Å². The van der Waals surface area contributed by atoms with Crippen molar-refractivity contribution >= 4 is 27.0 Å². The Morgan fingerprint density at radius 3 is 2.61 bits per heavy atom. The number of nitrogens with zero attached hydrogens (tertiary/aromatic N) is 3. The quantitative estimate of drug-likeness (QED) is 0.732. The molecule has 1 N–H and O–H groups in total. The van der Waals surface area contributed by atoms with Crippen LogP contribution in [0.3, 0.4) is 0 Å². The zero-order valence-corrected chi connectivity index (χ0v) is 16.4. The smallest absolute Gasteiger partial charge is 0.267 e. The summed E-state index contributed by atoms with van der Waals surface area (Å²) in [5, 5.41) is 0. The number of piperidine rings is 1. The molecule has 1 atom stereocenters. The van der Waals surface area contributed by atoms with E-state index in [4.69, 9.17) is 0 Å². The number of para-hydroxylation sites is 2. The summed E-state index contributed by atoms with van der Waals surface area (Å²) in [5.41, 5.74) is 4.71. The first-order valence-electron chi connectivity index (χ1n) is 9.32. The third kappa shape index (κ3) is 3.41. The number of carbonyl (C=O) groups excluding carboxylic acids is 1. The van der Waals surface area contributed by atoms with E-state index < -0.39 is 10.0 Å². The molecule has 4 rings (SSSR count). The number of rotatable bonds is 4. The third-order valence-corrected chi connectivity index (χ3v) is 7.17. The molecule has 0 saturated carbocycles. The van der Waals surface area contributed by atoms with E-state index in [1.165, 1.54) is 24.3 Å². The minimum absolute atomic E-state index is 0.00347. The second-order valence-electron chi connectivity index (χ2n) is 7.03. The lowest BCUT2D eigenvalue weighted by atomic mass is 10.1. The van der Waals surface area contributed by atoms with Gasteiger partial charge in [-0.3, -0.25) is 10.2 Å². The Balaban J connectivity index is 1.53. The Labute approximate surface area is 164 Å². The number of nitrogens with one attached hydrogen (secondary N) is 1. The van der Waals surface area contributed by atoms with Crippen LogP contribution in [-0.2, 0) is 10.0 Å². The first-order valence-corrected chi connectivity index (χ1v) is 10.8. The van der Waals surface area contributed by atoms with E-state index in [1.54, 1.807) is 15.3 Å². The van der Waals surface area contributed by atoms with Gasteiger partial charge < -0.3 is 0 Å². The molecule has 2 aromatic carbocycles. The summed E-state index contributed by atoms with van der Waals surface area (Å²) in [4.78, 5) is 17.0. The highest BCUT2D eigenvalue weighted by Crippen LogP contribution is 2.25. The van der Waals surface area contributed by atoms with Crippen LogP contribution < -0.4 is 5.43 Å². The van der Waals surface area contributed by atoms with Gasteiger partial charge in [-0.1, -0.05) is 18.6 Å². The molecule has 7 nitrogen and oxygen atoms in total. The Bertz CT molecular complexity index is 1110. The number of sulfonamides is 1. The van der Waals surface area contributed by atoms with Crippen molar-refractivity contribution in [2.45, 2.75) is 37.1 Å². The largest absolute Gasteiger partial charge is 0.270 e. The first kappa shape index (κ1) is 18.6. The molecule has 8 heteroatoms. The van der Waals surface area contributed by atoms with E-state index in [9.17, 15) is 13.2 Å². The van der Waals surface area contributed by atoms with Gasteiger partial charge in [0.15, 0.2) is 0 Å². The Hall–Kier alpha value is -2.71. The predicted octanol–water partition coefficient (Wildman–Crippen LogP) is 2.98. The van der Waals surface area contributed by atoms with Crippen LogP contribution in [0, 0.1) is 0 Å². The van der Waals surface area contributed by atoms with Crippen LogP contribution in [-0.4, -0.2) is 40.9 Å². The van der Waals surface area contributed by atoms with E-state index in [-0.39, 0.29) is 16.8 Å². The van der Waals surface area contributed by atoms with Crippen molar-refractivity contribution in [2.75, 3.05) is 12.0 Å². The molecular formula is C20H22N4O3S. The normalized spacial score (nSPS) is 18.2. The Kier molecular flexibility index (Phi) is 4.91. The molecule has 1 saturated heterocycles. The summed E-state index contributed by atoms with van der Waals surface area (Å²) in [7, 11) is -3.55. The van der Waals surface area contributed by atoms with Crippen LogP contribution in [0.25, 0.3) is 11.0 Å². The number of hydrogen-bond donors (Lipinski definition) is 1. The molecule has 1 unspecified atom stereocenters. The lowest BCUT2D eigenvalue weighted by Gasteiger charge is -2.32. The maximum Gasteiger partial charge on any atom is 0.270 e. The molecule has 3 aromatic rings. The van der Waals surface area contributed by atoms with Gasteiger partial charge in [0.25, 0.3) is 5.91 Å². The van der Waals surface area contributed by atoms with Crippen molar-refractivity contribution in [2.24, 2.45) is 0 Å². The molecule has 0 aliphatic carbocycles. The van der Waals surface area contributed by atoms with Gasteiger partial charge in [-0.2, -0.15) is 4.31 Å². The molecular weight excluding hydrogens is 376 g/mol. The maximum atomic E-state index is 12.9. The zero-order chi connectivity index (χ0) is 19.7. The van der Waals surface area contributed by atoms with Crippen molar-refractivity contribution < 1.29 is 13.2 Å². The number of carbonyl (C=O) groups is 1. The molecule has 2 heterocycles. The van der Waals surface area contributed by atoms with Crippen molar-refractivity contribution in [3.05, 3.63) is 60.4 Å². The summed E-state index contributed by atoms with van der Waals surface area (Å²) in [6, 6.07) is 13.5. The second-order valence-corrected chi connectivity index (χ2v) is 8.92. The fraction of sp³-hybridized carbons (Fsp3) is 0.300. The van der Waals surface area contributed by atoms with Crippen molar-refractivity contribution in [3.63, 3.8) is 0 Å². The fourth-order valence-corrected chi connectivity index (χ4v) is 5.26. The van der Waals surface area contributed by atoms with Crippen molar-refractivity contribution in [1.82, 2.24) is 14.0 Å². The van der Waals surface area contributed by atoms with Crippen LogP contribution in [0.2, 0.25) is 0 Å². The van der Waals surface area contributed by atoms with E-state index in [0.29, 0.717) is 12.1 Å². The minimum atomic E-state index is -3.55. The number of benzene rings is 2. The van der Waals surface area contributed by atoms with E-state index in [2.05, 4.69) is 10.4 Å². The molecule has 1 fully saturated rings. The Morgan fingerprint density at radius 2 is 1.86 bits per heavy atom. The highest BCUT2D eigenvalue weighted by Gasteiger charge is 2.30. The molecule has 0 spiro atoms. The monoisotopic (exact) mass is 398 g/mol. The topological polar surface area (TPSA) is 84.3 Å². The zero-order valence-electron chi connectivity index (χ0n) is 15.6. The molecule has 0 bridgehead atoms. The van der Waals surface area contributed by atoms with Gasteiger partial charge in [0.2, 0.25) is 10.0 Å². The van der Waals surface area contributed by atoms with E-state index >= 15 is 0 Å². The number of aromatic nitrogens is 2. The van der Waals surface area contributed by atoms with E-state index in [1.807, 2.05) is 31.2 Å². The highest BCUT2D eigenvalue weighted by atomic mass is 32.2. The summed E-state index contributed by atoms with van der Waals surface area (Å²) < 4.78 is 28.9. The molecule has 1 aliphatic rings. The summed E-state index contributed by atoms with van der Waals surface area (Å²) in [5.74, 6) is -0.335. The minimum Gasteiger partial charge on any atom is -0.267 e. The van der Waals surface area contributed by atoms with Crippen molar-refractivity contribution in [1.29, 1.82) is 0 Å². The van der Waals surface area contributed by atoms with Gasteiger partial charge in [-0.05, 0) is 56.2 Å². The number of amides is 1.